The van der Waals surface area contributed by atoms with Crippen molar-refractivity contribution < 1.29 is 14.3 Å². The summed E-state index contributed by atoms with van der Waals surface area (Å²) < 4.78 is 5.87. The van der Waals surface area contributed by atoms with Crippen molar-refractivity contribution in [1.82, 2.24) is 5.32 Å². The molecule has 1 aliphatic carbocycles. The molecular formula is C25H27ClN2O3. The first kappa shape index (κ1) is 21.4. The van der Waals surface area contributed by atoms with Gasteiger partial charge in [-0.25, -0.2) is 0 Å². The van der Waals surface area contributed by atoms with E-state index < -0.39 is 0 Å². The predicted molar refractivity (Wildman–Crippen MR) is 123 cm³/mol. The van der Waals surface area contributed by atoms with Gasteiger partial charge in [-0.1, -0.05) is 74.0 Å². The highest BCUT2D eigenvalue weighted by molar-refractivity contribution is 6.32. The Balaban J connectivity index is 1.54. The summed E-state index contributed by atoms with van der Waals surface area (Å²) in [7, 11) is 0. The van der Waals surface area contributed by atoms with Crippen LogP contribution < -0.4 is 15.0 Å². The summed E-state index contributed by atoms with van der Waals surface area (Å²) in [5, 5.41) is 3.67. The van der Waals surface area contributed by atoms with E-state index in [0.717, 1.165) is 25.7 Å². The molecule has 5 nitrogen and oxygen atoms in total. The average Bonchev–Trinajstić information content (AvgIpc) is 2.74. The lowest BCUT2D eigenvalue weighted by atomic mass is 9.97. The molecule has 6 heteroatoms. The molecule has 0 spiro atoms. The summed E-state index contributed by atoms with van der Waals surface area (Å²) >= 11 is 6.26. The summed E-state index contributed by atoms with van der Waals surface area (Å²) in [6.45, 7) is -0.0461. The van der Waals surface area contributed by atoms with Crippen LogP contribution in [0.3, 0.4) is 0 Å². The van der Waals surface area contributed by atoms with Crippen LogP contribution >= 0.6 is 11.6 Å². The van der Waals surface area contributed by atoms with Crippen LogP contribution in [0.15, 0.2) is 54.3 Å². The number of hydrogen-bond acceptors (Lipinski definition) is 3. The Bertz CT molecular complexity index is 980. The molecule has 1 saturated carbocycles. The summed E-state index contributed by atoms with van der Waals surface area (Å²) in [4.78, 5) is 27.6. The predicted octanol–water partition coefficient (Wildman–Crippen LogP) is 5.34. The van der Waals surface area contributed by atoms with Crippen LogP contribution in [0.1, 0.15) is 50.5 Å². The van der Waals surface area contributed by atoms with Gasteiger partial charge in [-0.2, -0.15) is 0 Å². The van der Waals surface area contributed by atoms with E-state index in [4.69, 9.17) is 16.3 Å². The first-order valence-corrected chi connectivity index (χ1v) is 11.3. The maximum Gasteiger partial charge on any atom is 0.294 e. The van der Waals surface area contributed by atoms with Crippen molar-refractivity contribution in [3.63, 3.8) is 0 Å². The number of para-hydroxylation sites is 2. The van der Waals surface area contributed by atoms with Gasteiger partial charge < -0.3 is 10.1 Å². The molecule has 0 saturated heterocycles. The molecule has 2 aromatic rings. The molecule has 0 bridgehead atoms. The van der Waals surface area contributed by atoms with Gasteiger partial charge in [0, 0.05) is 11.1 Å². The number of ether oxygens (including phenoxy) is 1. The molecule has 162 valence electrons. The normalized spacial score (nSPS) is 18.7. The molecule has 1 N–H and O–H groups in total. The highest BCUT2D eigenvalue weighted by Gasteiger charge is 2.32. The lowest BCUT2D eigenvalue weighted by Gasteiger charge is -2.31. The van der Waals surface area contributed by atoms with Crippen molar-refractivity contribution in [2.45, 2.75) is 51.0 Å². The summed E-state index contributed by atoms with van der Waals surface area (Å²) in [5.41, 5.74) is 1.28. The Kier molecular flexibility index (Phi) is 6.92. The molecule has 2 aromatic carbocycles. The highest BCUT2D eigenvalue weighted by atomic mass is 35.5. The van der Waals surface area contributed by atoms with E-state index in [0.29, 0.717) is 22.0 Å². The number of halogens is 1. The minimum atomic E-state index is -0.355. The van der Waals surface area contributed by atoms with E-state index in [9.17, 15) is 9.59 Å². The van der Waals surface area contributed by atoms with E-state index in [2.05, 4.69) is 5.32 Å². The molecule has 1 fully saturated rings. The van der Waals surface area contributed by atoms with E-state index in [-0.39, 0.29) is 30.2 Å². The summed E-state index contributed by atoms with van der Waals surface area (Å²) in [6.07, 6.45) is 9.61. The van der Waals surface area contributed by atoms with Crippen LogP contribution in [0.5, 0.6) is 5.75 Å². The number of carbonyl (C=O) groups excluding carboxylic acids is 2. The topological polar surface area (TPSA) is 58.6 Å². The monoisotopic (exact) mass is 438 g/mol. The zero-order valence-electron chi connectivity index (χ0n) is 17.5. The Morgan fingerprint density at radius 1 is 1.03 bits per heavy atom. The van der Waals surface area contributed by atoms with Gasteiger partial charge in [0.2, 0.25) is 5.91 Å². The SMILES string of the molecule is O=C(CN1C(=O)/C(=C\c2ccccc2Cl)Oc2ccccc21)NC1CCCCCCC1. The van der Waals surface area contributed by atoms with Crippen molar-refractivity contribution in [3.8, 4) is 5.75 Å². The molecule has 1 aliphatic heterocycles. The zero-order chi connectivity index (χ0) is 21.6. The Labute approximate surface area is 188 Å². The first-order valence-electron chi connectivity index (χ1n) is 11.0. The number of anilines is 1. The van der Waals surface area contributed by atoms with Gasteiger partial charge in [0.1, 0.15) is 6.54 Å². The van der Waals surface area contributed by atoms with Crippen molar-refractivity contribution in [1.29, 1.82) is 0 Å². The fourth-order valence-electron chi connectivity index (χ4n) is 4.17. The number of nitrogens with zero attached hydrogens (tertiary/aromatic N) is 1. The van der Waals surface area contributed by atoms with Crippen LogP contribution in [-0.4, -0.2) is 24.4 Å². The molecule has 0 aromatic heterocycles. The average molecular weight is 439 g/mol. The second-order valence-electron chi connectivity index (χ2n) is 8.10. The molecular weight excluding hydrogens is 412 g/mol. The van der Waals surface area contributed by atoms with E-state index in [1.165, 1.54) is 24.2 Å². The number of carbonyl (C=O) groups is 2. The van der Waals surface area contributed by atoms with Crippen LogP contribution in [0.25, 0.3) is 6.08 Å². The van der Waals surface area contributed by atoms with Gasteiger partial charge >= 0.3 is 0 Å². The van der Waals surface area contributed by atoms with Crippen LogP contribution in [0.4, 0.5) is 5.69 Å². The largest absolute Gasteiger partial charge is 0.449 e. The summed E-state index contributed by atoms with van der Waals surface area (Å²) in [5.74, 6) is 0.184. The Hall–Kier alpha value is -2.79. The molecule has 2 aliphatic rings. The fourth-order valence-corrected chi connectivity index (χ4v) is 4.36. The Morgan fingerprint density at radius 2 is 1.71 bits per heavy atom. The molecule has 31 heavy (non-hydrogen) atoms. The number of rotatable bonds is 4. The van der Waals surface area contributed by atoms with Crippen molar-refractivity contribution in [2.24, 2.45) is 0 Å². The standard InChI is InChI=1S/C25H27ClN2O3/c26-20-13-7-6-10-18(20)16-23-25(30)28(21-14-8-9-15-22(21)31-23)17-24(29)27-19-11-4-2-1-3-5-12-19/h6-10,13-16,19H,1-5,11-12,17H2,(H,27,29)/b23-16+. The van der Waals surface area contributed by atoms with E-state index in [1.54, 1.807) is 24.3 Å². The van der Waals surface area contributed by atoms with Crippen LogP contribution in [0.2, 0.25) is 5.02 Å². The number of hydrogen-bond donors (Lipinski definition) is 1. The lowest BCUT2D eigenvalue weighted by molar-refractivity contribution is -0.124. The minimum Gasteiger partial charge on any atom is -0.449 e. The smallest absolute Gasteiger partial charge is 0.294 e. The molecule has 4 rings (SSSR count). The van der Waals surface area contributed by atoms with Gasteiger partial charge in [0.25, 0.3) is 5.91 Å². The van der Waals surface area contributed by atoms with Crippen LogP contribution in [0, 0.1) is 0 Å². The number of fused-ring (bicyclic) bond motifs is 1. The number of amides is 2. The van der Waals surface area contributed by atoms with Gasteiger partial charge in [-0.3, -0.25) is 14.5 Å². The van der Waals surface area contributed by atoms with Gasteiger partial charge in [0.15, 0.2) is 11.5 Å². The van der Waals surface area contributed by atoms with Gasteiger partial charge in [-0.05, 0) is 42.7 Å². The van der Waals surface area contributed by atoms with Gasteiger partial charge in [-0.15, -0.1) is 0 Å². The van der Waals surface area contributed by atoms with E-state index >= 15 is 0 Å². The third kappa shape index (κ3) is 5.28. The van der Waals surface area contributed by atoms with Crippen LogP contribution in [-0.2, 0) is 9.59 Å². The number of nitrogens with one attached hydrogen (secondary N) is 1. The third-order valence-corrected chi connectivity index (χ3v) is 6.14. The first-order chi connectivity index (χ1) is 15.1. The second-order valence-corrected chi connectivity index (χ2v) is 8.51. The molecule has 0 radical (unpaired) electrons. The van der Waals surface area contributed by atoms with Gasteiger partial charge in [0.05, 0.1) is 5.69 Å². The molecule has 0 atom stereocenters. The summed E-state index contributed by atoms with van der Waals surface area (Å²) in [6, 6.07) is 14.7. The van der Waals surface area contributed by atoms with E-state index in [1.807, 2.05) is 30.3 Å². The quantitative estimate of drug-likeness (QED) is 0.656. The molecule has 2 amide bonds. The molecule has 0 unspecified atom stereocenters. The third-order valence-electron chi connectivity index (χ3n) is 5.80. The Morgan fingerprint density at radius 3 is 2.48 bits per heavy atom. The molecule has 1 heterocycles. The lowest BCUT2D eigenvalue weighted by Crippen LogP contribution is -2.46. The minimum absolute atomic E-state index is 0.0461. The fraction of sp³-hybridized carbons (Fsp3) is 0.360. The zero-order valence-corrected chi connectivity index (χ0v) is 18.2. The maximum atomic E-state index is 13.2. The second kappa shape index (κ2) is 10.0. The van der Waals surface area contributed by atoms with Crippen molar-refractivity contribution >= 4 is 35.2 Å². The van der Waals surface area contributed by atoms with Crippen molar-refractivity contribution in [2.75, 3.05) is 11.4 Å². The highest BCUT2D eigenvalue weighted by Crippen LogP contribution is 2.35. The maximum absolute atomic E-state index is 13.2. The number of benzene rings is 2. The van der Waals surface area contributed by atoms with Crippen molar-refractivity contribution in [3.05, 3.63) is 64.9 Å².